The highest BCUT2D eigenvalue weighted by molar-refractivity contribution is 5.67. The first kappa shape index (κ1) is 24.2. The number of hydrogen-bond acceptors (Lipinski definition) is 4. The molecule has 0 aliphatic rings. The van der Waals surface area contributed by atoms with Crippen molar-refractivity contribution in [2.45, 2.75) is 66.6 Å². The summed E-state index contributed by atoms with van der Waals surface area (Å²) >= 11 is 0. The molecule has 138 valence electrons. The van der Waals surface area contributed by atoms with Gasteiger partial charge in [0.1, 0.15) is 12.2 Å². The van der Waals surface area contributed by atoms with E-state index in [1.807, 2.05) is 65.0 Å². The number of nitrogens with one attached hydrogen (secondary N) is 1. The smallest absolute Gasteiger partial charge is 0.407 e. The predicted octanol–water partition coefficient (Wildman–Crippen LogP) is 4.70. The van der Waals surface area contributed by atoms with Crippen LogP contribution in [0.4, 0.5) is 4.79 Å². The highest BCUT2D eigenvalue weighted by Crippen LogP contribution is 2.06. The molecule has 1 N–H and O–H groups in total. The summed E-state index contributed by atoms with van der Waals surface area (Å²) in [6.45, 7) is 13.2. The molecule has 1 aromatic carbocycles. The lowest BCUT2D eigenvalue weighted by molar-refractivity contribution is -0.129. The Kier molecular flexibility index (Phi) is 16.0. The molecule has 24 heavy (non-hydrogen) atoms. The Morgan fingerprint density at radius 2 is 1.75 bits per heavy atom. The van der Waals surface area contributed by atoms with Gasteiger partial charge in [0.2, 0.25) is 0 Å². The minimum atomic E-state index is -0.393. The van der Waals surface area contributed by atoms with Crippen LogP contribution in [0.1, 0.15) is 59.9 Å². The topological polar surface area (TPSA) is 64.6 Å². The lowest BCUT2D eigenvalue weighted by atomic mass is 10.2. The number of carbonyl (C=O) groups excluding carboxylic acids is 2. The normalized spacial score (nSPS) is 9.42. The van der Waals surface area contributed by atoms with Crippen LogP contribution in [0, 0.1) is 0 Å². The van der Waals surface area contributed by atoms with Crippen molar-refractivity contribution in [1.29, 1.82) is 0 Å². The van der Waals surface area contributed by atoms with Crippen molar-refractivity contribution in [2.75, 3.05) is 6.54 Å². The van der Waals surface area contributed by atoms with Crippen molar-refractivity contribution in [3.8, 4) is 0 Å². The van der Waals surface area contributed by atoms with Crippen LogP contribution in [0.3, 0.4) is 0 Å². The second-order valence-electron chi connectivity index (χ2n) is 5.68. The first-order chi connectivity index (χ1) is 11.4. The quantitative estimate of drug-likeness (QED) is 0.603. The molecule has 1 rings (SSSR count). The summed E-state index contributed by atoms with van der Waals surface area (Å²) in [5.74, 6) is 0. The highest BCUT2D eigenvalue weighted by atomic mass is 16.6. The maximum atomic E-state index is 11.0. The fourth-order valence-electron chi connectivity index (χ4n) is 1.39. The number of ether oxygens (including phenoxy) is 2. The van der Waals surface area contributed by atoms with E-state index in [0.717, 1.165) is 18.4 Å². The molecule has 0 saturated heterocycles. The molecule has 5 heteroatoms. The third-order valence-corrected chi connectivity index (χ3v) is 2.36. The van der Waals surface area contributed by atoms with Gasteiger partial charge in [0, 0.05) is 6.54 Å². The molecule has 0 aliphatic carbocycles. The summed E-state index contributed by atoms with van der Waals surface area (Å²) in [4.78, 5) is 20.8. The monoisotopic (exact) mass is 339 g/mol. The Bertz CT molecular complexity index is 413. The van der Waals surface area contributed by atoms with E-state index >= 15 is 0 Å². The molecule has 0 aromatic heterocycles. The molecule has 1 amide bonds. The Morgan fingerprint density at radius 1 is 1.17 bits per heavy atom. The molecule has 0 unspecified atom stereocenters. The molecule has 0 aliphatic heterocycles. The fraction of sp³-hybridized carbons (Fsp3) is 0.579. The van der Waals surface area contributed by atoms with Crippen molar-refractivity contribution >= 4 is 12.6 Å². The Hall–Kier alpha value is -2.04. The van der Waals surface area contributed by atoms with Gasteiger partial charge < -0.3 is 14.8 Å². The van der Waals surface area contributed by atoms with Crippen LogP contribution >= 0.6 is 0 Å². The van der Waals surface area contributed by atoms with Gasteiger partial charge in [-0.1, -0.05) is 57.5 Å². The Balaban J connectivity index is 0. The van der Waals surface area contributed by atoms with Gasteiger partial charge in [-0.3, -0.25) is 4.79 Å². The Labute approximate surface area is 146 Å². The molecule has 0 spiro atoms. The zero-order valence-electron chi connectivity index (χ0n) is 15.9. The maximum Gasteiger partial charge on any atom is 0.407 e. The minimum absolute atomic E-state index is 0.323. The van der Waals surface area contributed by atoms with E-state index in [2.05, 4.69) is 17.0 Å². The fourth-order valence-corrected chi connectivity index (χ4v) is 1.39. The lowest BCUT2D eigenvalue weighted by Gasteiger charge is -2.19. The van der Waals surface area contributed by atoms with Gasteiger partial charge in [0.15, 0.2) is 0 Å². The third-order valence-electron chi connectivity index (χ3n) is 2.36. The van der Waals surface area contributed by atoms with Crippen molar-refractivity contribution in [3.63, 3.8) is 0 Å². The van der Waals surface area contributed by atoms with Crippen molar-refractivity contribution in [2.24, 2.45) is 0 Å². The van der Waals surface area contributed by atoms with E-state index in [-0.39, 0.29) is 6.09 Å². The van der Waals surface area contributed by atoms with Gasteiger partial charge in [-0.15, -0.1) is 0 Å². The number of unbranched alkanes of at least 4 members (excludes halogenated alkanes) is 1. The summed E-state index contributed by atoms with van der Waals surface area (Å²) in [6.07, 6.45) is 1.76. The standard InChI is InChI=1S/C9H19NO2.C8H8O2.C2H6/c1-5-6-7-10-8(11)12-9(2,3)4;9-7-10-6-8-4-2-1-3-5-8;1-2/h5-7H2,1-4H3,(H,10,11);1-5,7H,6H2;1-2H3. The maximum absolute atomic E-state index is 11.0. The number of rotatable bonds is 6. The zero-order valence-corrected chi connectivity index (χ0v) is 15.9. The van der Waals surface area contributed by atoms with Gasteiger partial charge >= 0.3 is 6.09 Å². The zero-order chi connectivity index (χ0) is 18.8. The SMILES string of the molecule is CC.CCCCNC(=O)OC(C)(C)C.O=COCc1ccccc1. The second-order valence-corrected chi connectivity index (χ2v) is 5.68. The van der Waals surface area contributed by atoms with Crippen molar-refractivity contribution in [1.82, 2.24) is 5.32 Å². The van der Waals surface area contributed by atoms with Crippen molar-refractivity contribution in [3.05, 3.63) is 35.9 Å². The van der Waals surface area contributed by atoms with Crippen LogP contribution in [-0.4, -0.2) is 24.7 Å². The predicted molar refractivity (Wildman–Crippen MR) is 97.8 cm³/mol. The molecular formula is C19H33NO4. The highest BCUT2D eigenvalue weighted by Gasteiger charge is 2.14. The first-order valence-corrected chi connectivity index (χ1v) is 8.45. The molecule has 5 nitrogen and oxygen atoms in total. The van der Waals surface area contributed by atoms with Crippen LogP contribution in [0.15, 0.2) is 30.3 Å². The van der Waals surface area contributed by atoms with E-state index in [9.17, 15) is 9.59 Å². The molecule has 1 aromatic rings. The third kappa shape index (κ3) is 18.0. The summed E-state index contributed by atoms with van der Waals surface area (Å²) in [7, 11) is 0. The van der Waals surface area contributed by atoms with Gasteiger partial charge in [-0.25, -0.2) is 4.79 Å². The molecular weight excluding hydrogens is 306 g/mol. The van der Waals surface area contributed by atoms with Crippen LogP contribution in [0.5, 0.6) is 0 Å². The molecule has 0 bridgehead atoms. The minimum Gasteiger partial charge on any atom is -0.463 e. The summed E-state index contributed by atoms with van der Waals surface area (Å²) in [6, 6.07) is 9.55. The Morgan fingerprint density at radius 3 is 2.21 bits per heavy atom. The van der Waals surface area contributed by atoms with Crippen LogP contribution in [-0.2, 0) is 20.9 Å². The number of alkyl carbamates (subject to hydrolysis) is 1. The van der Waals surface area contributed by atoms with Gasteiger partial charge in [0.05, 0.1) is 0 Å². The molecule has 0 atom stereocenters. The van der Waals surface area contributed by atoms with Crippen LogP contribution in [0.2, 0.25) is 0 Å². The van der Waals surface area contributed by atoms with E-state index < -0.39 is 5.60 Å². The van der Waals surface area contributed by atoms with Gasteiger partial charge in [-0.2, -0.15) is 0 Å². The molecule has 0 heterocycles. The van der Waals surface area contributed by atoms with E-state index in [1.54, 1.807) is 0 Å². The number of carbonyl (C=O) groups is 2. The lowest BCUT2D eigenvalue weighted by Crippen LogP contribution is -2.32. The van der Waals surface area contributed by atoms with Gasteiger partial charge in [-0.05, 0) is 32.8 Å². The van der Waals surface area contributed by atoms with Crippen molar-refractivity contribution < 1.29 is 19.1 Å². The first-order valence-electron chi connectivity index (χ1n) is 8.45. The average molecular weight is 339 g/mol. The summed E-state index contributed by atoms with van der Waals surface area (Å²) in [5, 5.41) is 2.68. The van der Waals surface area contributed by atoms with E-state index in [0.29, 0.717) is 19.6 Å². The van der Waals surface area contributed by atoms with E-state index in [1.165, 1.54) is 0 Å². The number of benzene rings is 1. The van der Waals surface area contributed by atoms with Crippen LogP contribution in [0.25, 0.3) is 0 Å². The second kappa shape index (κ2) is 15.8. The summed E-state index contributed by atoms with van der Waals surface area (Å²) < 4.78 is 9.57. The molecule has 0 fully saturated rings. The summed E-state index contributed by atoms with van der Waals surface area (Å²) in [5.41, 5.74) is 0.616. The largest absolute Gasteiger partial charge is 0.463 e. The van der Waals surface area contributed by atoms with Crippen LogP contribution < -0.4 is 5.32 Å². The van der Waals surface area contributed by atoms with Gasteiger partial charge in [0.25, 0.3) is 6.47 Å². The van der Waals surface area contributed by atoms with E-state index in [4.69, 9.17) is 4.74 Å². The molecule has 0 radical (unpaired) electrons. The average Bonchev–Trinajstić information content (AvgIpc) is 2.55. The molecule has 0 saturated carbocycles. The number of hydrogen-bond donors (Lipinski definition) is 1. The number of amides is 1.